The highest BCUT2D eigenvalue weighted by atomic mass is 16.2. The number of fused-ring (bicyclic) bond motifs is 1. The highest BCUT2D eigenvalue weighted by Crippen LogP contribution is 2.36. The maximum Gasteiger partial charge on any atom is 0.332 e. The summed E-state index contributed by atoms with van der Waals surface area (Å²) in [6, 6.07) is 0. The number of hydrogen-bond acceptors (Lipinski definition) is 5. The Balaban J connectivity index is 1.46. The summed E-state index contributed by atoms with van der Waals surface area (Å²) in [6.07, 6.45) is 5.18. The van der Waals surface area contributed by atoms with Crippen LogP contribution >= 0.6 is 0 Å². The van der Waals surface area contributed by atoms with Crippen molar-refractivity contribution in [2.24, 2.45) is 19.5 Å². The molecule has 0 aromatic carbocycles. The number of piperidine rings is 1. The van der Waals surface area contributed by atoms with E-state index < -0.39 is 5.69 Å². The molecule has 27 heavy (non-hydrogen) atoms. The number of imidazole rings is 1. The maximum absolute atomic E-state index is 12.6. The van der Waals surface area contributed by atoms with Crippen molar-refractivity contribution in [3.05, 3.63) is 27.2 Å². The van der Waals surface area contributed by atoms with Gasteiger partial charge in [-0.3, -0.25) is 18.7 Å². The van der Waals surface area contributed by atoms with Crippen LogP contribution in [-0.4, -0.2) is 55.7 Å². The first-order valence-electron chi connectivity index (χ1n) is 9.51. The molecule has 1 amide bonds. The minimum Gasteiger partial charge on any atom is -0.343 e. The van der Waals surface area contributed by atoms with Gasteiger partial charge in [-0.25, -0.2) is 9.78 Å². The Labute approximate surface area is 156 Å². The molecular weight excluding hydrogens is 348 g/mol. The molecular formula is C18H26N6O3. The van der Waals surface area contributed by atoms with Crippen molar-refractivity contribution in [2.75, 3.05) is 26.2 Å². The topological polar surface area (TPSA) is 94.2 Å². The van der Waals surface area contributed by atoms with Crippen LogP contribution in [-0.2, 0) is 25.4 Å². The number of aromatic nitrogens is 4. The first kappa shape index (κ1) is 18.0. The molecule has 4 heterocycles. The second-order valence-corrected chi connectivity index (χ2v) is 7.87. The summed E-state index contributed by atoms with van der Waals surface area (Å²) in [5, 5.41) is 3.44. The summed E-state index contributed by atoms with van der Waals surface area (Å²) in [5.41, 5.74) is 0.310. The number of nitrogens with zero attached hydrogens (tertiary/aromatic N) is 5. The molecule has 146 valence electrons. The van der Waals surface area contributed by atoms with Crippen molar-refractivity contribution in [2.45, 2.75) is 32.2 Å². The fourth-order valence-corrected chi connectivity index (χ4v) is 4.39. The second kappa shape index (κ2) is 6.63. The van der Waals surface area contributed by atoms with Gasteiger partial charge in [0.25, 0.3) is 5.56 Å². The van der Waals surface area contributed by atoms with E-state index in [1.54, 1.807) is 11.6 Å². The monoisotopic (exact) mass is 374 g/mol. The van der Waals surface area contributed by atoms with E-state index in [4.69, 9.17) is 0 Å². The zero-order chi connectivity index (χ0) is 19.2. The van der Waals surface area contributed by atoms with Crippen LogP contribution in [0.25, 0.3) is 11.2 Å². The highest BCUT2D eigenvalue weighted by Gasteiger charge is 2.37. The molecule has 1 spiro atoms. The van der Waals surface area contributed by atoms with Gasteiger partial charge in [0.15, 0.2) is 11.2 Å². The quantitative estimate of drug-likeness (QED) is 0.776. The number of aryl methyl sites for hydroxylation is 2. The third-order valence-corrected chi connectivity index (χ3v) is 6.29. The lowest BCUT2D eigenvalue weighted by atomic mass is 9.78. The summed E-state index contributed by atoms with van der Waals surface area (Å²) in [4.78, 5) is 43.2. The Morgan fingerprint density at radius 3 is 2.59 bits per heavy atom. The van der Waals surface area contributed by atoms with Crippen molar-refractivity contribution < 1.29 is 4.79 Å². The van der Waals surface area contributed by atoms with Crippen LogP contribution in [0.2, 0.25) is 0 Å². The largest absolute Gasteiger partial charge is 0.343 e. The van der Waals surface area contributed by atoms with Crippen molar-refractivity contribution in [1.82, 2.24) is 28.9 Å². The van der Waals surface area contributed by atoms with Crippen LogP contribution in [0.1, 0.15) is 25.7 Å². The van der Waals surface area contributed by atoms with Crippen molar-refractivity contribution in [1.29, 1.82) is 0 Å². The second-order valence-electron chi connectivity index (χ2n) is 7.87. The zero-order valence-corrected chi connectivity index (χ0v) is 15.9. The smallest absolute Gasteiger partial charge is 0.332 e. The minimum absolute atomic E-state index is 0.110. The van der Waals surface area contributed by atoms with E-state index in [1.807, 2.05) is 4.90 Å². The Morgan fingerprint density at radius 1 is 1.19 bits per heavy atom. The fraction of sp³-hybridized carbons (Fsp3) is 0.667. The zero-order valence-electron chi connectivity index (χ0n) is 15.9. The molecule has 1 N–H and O–H groups in total. The van der Waals surface area contributed by atoms with Gasteiger partial charge in [-0.1, -0.05) is 0 Å². The van der Waals surface area contributed by atoms with Crippen LogP contribution in [0.4, 0.5) is 0 Å². The Kier molecular flexibility index (Phi) is 4.41. The standard InChI is InChI=1S/C18H26N6O3/c1-21-15-14(16(26)22(2)17(21)27)24(12-20-15)8-3-13(25)23-9-5-18(6-10-23)4-7-19-11-18/h12,19H,3-11H2,1-2H3. The third kappa shape index (κ3) is 2.99. The number of hydrogen-bond donors (Lipinski definition) is 1. The molecule has 0 bridgehead atoms. The minimum atomic E-state index is -0.405. The molecule has 9 nitrogen and oxygen atoms in total. The molecule has 0 saturated carbocycles. The first-order chi connectivity index (χ1) is 12.9. The summed E-state index contributed by atoms with van der Waals surface area (Å²) >= 11 is 0. The molecule has 2 saturated heterocycles. The predicted molar refractivity (Wildman–Crippen MR) is 101 cm³/mol. The van der Waals surface area contributed by atoms with E-state index in [0.29, 0.717) is 29.5 Å². The molecule has 9 heteroatoms. The summed E-state index contributed by atoms with van der Waals surface area (Å²) < 4.78 is 4.11. The van der Waals surface area contributed by atoms with Crippen LogP contribution in [0.15, 0.2) is 15.9 Å². The van der Waals surface area contributed by atoms with Gasteiger partial charge in [0.1, 0.15) is 0 Å². The number of nitrogens with one attached hydrogen (secondary N) is 1. The Hall–Kier alpha value is -2.42. The number of carbonyl (C=O) groups excluding carboxylic acids is 1. The molecule has 2 aliphatic rings. The van der Waals surface area contributed by atoms with E-state index in [9.17, 15) is 14.4 Å². The molecule has 2 aromatic rings. The van der Waals surface area contributed by atoms with Gasteiger partial charge < -0.3 is 14.8 Å². The molecule has 0 unspecified atom stereocenters. The van der Waals surface area contributed by atoms with Crippen molar-refractivity contribution in [3.8, 4) is 0 Å². The van der Waals surface area contributed by atoms with E-state index in [1.165, 1.54) is 24.4 Å². The molecule has 2 aromatic heterocycles. The normalized spacial score (nSPS) is 19.3. The molecule has 2 fully saturated rings. The predicted octanol–water partition coefficient (Wildman–Crippen LogP) is -0.574. The lowest BCUT2D eigenvalue weighted by molar-refractivity contribution is -0.133. The van der Waals surface area contributed by atoms with Crippen molar-refractivity contribution >= 4 is 17.1 Å². The SMILES string of the molecule is Cn1c(=O)c2c(ncn2CCC(=O)N2CCC3(CCNC3)CC2)n(C)c1=O. The van der Waals surface area contributed by atoms with Gasteiger partial charge in [0, 0.05) is 46.7 Å². The molecule has 0 atom stereocenters. The van der Waals surface area contributed by atoms with Gasteiger partial charge in [-0.05, 0) is 31.2 Å². The first-order valence-corrected chi connectivity index (χ1v) is 9.51. The average molecular weight is 374 g/mol. The molecule has 0 radical (unpaired) electrons. The van der Waals surface area contributed by atoms with E-state index >= 15 is 0 Å². The van der Waals surface area contributed by atoms with Gasteiger partial charge in [-0.15, -0.1) is 0 Å². The molecule has 0 aliphatic carbocycles. The number of rotatable bonds is 3. The van der Waals surface area contributed by atoms with E-state index in [-0.39, 0.29) is 11.5 Å². The lowest BCUT2D eigenvalue weighted by Crippen LogP contribution is -2.44. The maximum atomic E-state index is 12.6. The fourth-order valence-electron chi connectivity index (χ4n) is 4.39. The average Bonchev–Trinajstić information content (AvgIpc) is 3.31. The van der Waals surface area contributed by atoms with Crippen molar-refractivity contribution in [3.63, 3.8) is 0 Å². The van der Waals surface area contributed by atoms with Gasteiger partial charge >= 0.3 is 5.69 Å². The summed E-state index contributed by atoms with van der Waals surface area (Å²) in [5.74, 6) is 0.110. The highest BCUT2D eigenvalue weighted by molar-refractivity contribution is 5.76. The van der Waals surface area contributed by atoms with Crippen LogP contribution < -0.4 is 16.6 Å². The number of likely N-dealkylation sites (tertiary alicyclic amines) is 1. The Bertz CT molecular complexity index is 985. The Morgan fingerprint density at radius 2 is 1.93 bits per heavy atom. The number of amides is 1. The van der Waals surface area contributed by atoms with Gasteiger partial charge in [0.2, 0.25) is 5.91 Å². The van der Waals surface area contributed by atoms with Gasteiger partial charge in [0.05, 0.1) is 6.33 Å². The van der Waals surface area contributed by atoms with Crippen LogP contribution in [0.5, 0.6) is 0 Å². The van der Waals surface area contributed by atoms with E-state index in [0.717, 1.165) is 43.6 Å². The molecule has 4 rings (SSSR count). The van der Waals surface area contributed by atoms with Crippen LogP contribution in [0.3, 0.4) is 0 Å². The molecule has 2 aliphatic heterocycles. The third-order valence-electron chi connectivity index (χ3n) is 6.29. The number of carbonyl (C=O) groups is 1. The summed E-state index contributed by atoms with van der Waals surface area (Å²) in [6.45, 7) is 4.14. The van der Waals surface area contributed by atoms with Crippen LogP contribution in [0, 0.1) is 5.41 Å². The summed E-state index contributed by atoms with van der Waals surface area (Å²) in [7, 11) is 3.04. The van der Waals surface area contributed by atoms with E-state index in [2.05, 4.69) is 10.3 Å². The lowest BCUT2D eigenvalue weighted by Gasteiger charge is -2.39. The van der Waals surface area contributed by atoms with Gasteiger partial charge in [-0.2, -0.15) is 0 Å².